The lowest BCUT2D eigenvalue weighted by atomic mass is 10.2. The number of para-hydroxylation sites is 1. The summed E-state index contributed by atoms with van der Waals surface area (Å²) < 4.78 is 5.58. The van der Waals surface area contributed by atoms with E-state index in [1.807, 2.05) is 42.8 Å². The number of anilines is 1. The fraction of sp³-hybridized carbons (Fsp3) is 0.412. The van der Waals surface area contributed by atoms with Crippen LogP contribution in [0.15, 0.2) is 35.8 Å². The zero-order valence-corrected chi connectivity index (χ0v) is 14.0. The molecule has 0 saturated carbocycles. The Labute approximate surface area is 140 Å². The molecule has 1 saturated heterocycles. The van der Waals surface area contributed by atoms with Crippen LogP contribution in [0.4, 0.5) is 5.13 Å². The van der Waals surface area contributed by atoms with Crippen LogP contribution in [0.5, 0.6) is 5.75 Å². The van der Waals surface area contributed by atoms with Crippen molar-refractivity contribution in [3.63, 3.8) is 0 Å². The van der Waals surface area contributed by atoms with E-state index in [0.29, 0.717) is 12.6 Å². The standard InChI is InChI=1S/C17H21N3O2S/c1-13-5-2-3-7-15(13)22-12-16(21)19-11-14-6-4-9-20(14)17-18-8-10-23-17/h2-3,5,7-8,10,14H,4,6,9,11-12H2,1H3,(H,19,21). The van der Waals surface area contributed by atoms with E-state index < -0.39 is 0 Å². The van der Waals surface area contributed by atoms with Crippen molar-refractivity contribution >= 4 is 22.4 Å². The van der Waals surface area contributed by atoms with Crippen molar-refractivity contribution < 1.29 is 9.53 Å². The third kappa shape index (κ3) is 4.01. The summed E-state index contributed by atoms with van der Waals surface area (Å²) >= 11 is 1.64. The Bertz CT molecular complexity index is 645. The van der Waals surface area contributed by atoms with E-state index in [2.05, 4.69) is 15.2 Å². The number of ether oxygens (including phenoxy) is 1. The molecule has 1 amide bonds. The van der Waals surface area contributed by atoms with Gasteiger partial charge in [0, 0.05) is 30.7 Å². The van der Waals surface area contributed by atoms with E-state index in [1.165, 1.54) is 0 Å². The zero-order chi connectivity index (χ0) is 16.1. The maximum Gasteiger partial charge on any atom is 0.258 e. The van der Waals surface area contributed by atoms with Gasteiger partial charge in [-0.1, -0.05) is 18.2 Å². The van der Waals surface area contributed by atoms with Gasteiger partial charge in [-0.15, -0.1) is 11.3 Å². The summed E-state index contributed by atoms with van der Waals surface area (Å²) in [5.74, 6) is 0.673. The third-order valence-electron chi connectivity index (χ3n) is 4.03. The number of aromatic nitrogens is 1. The number of carbonyl (C=O) groups excluding carboxylic acids is 1. The lowest BCUT2D eigenvalue weighted by molar-refractivity contribution is -0.123. The normalized spacial score (nSPS) is 17.3. The fourth-order valence-electron chi connectivity index (χ4n) is 2.80. The van der Waals surface area contributed by atoms with Gasteiger partial charge >= 0.3 is 0 Å². The average molecular weight is 331 g/mol. The first kappa shape index (κ1) is 15.8. The van der Waals surface area contributed by atoms with Crippen LogP contribution < -0.4 is 15.0 Å². The van der Waals surface area contributed by atoms with Crippen LogP contribution in [0.25, 0.3) is 0 Å². The average Bonchev–Trinajstić information content (AvgIpc) is 3.22. The number of nitrogens with zero attached hydrogens (tertiary/aromatic N) is 2. The van der Waals surface area contributed by atoms with Crippen molar-refractivity contribution in [3.05, 3.63) is 41.4 Å². The number of hydrogen-bond acceptors (Lipinski definition) is 5. The molecule has 0 bridgehead atoms. The summed E-state index contributed by atoms with van der Waals surface area (Å²) in [5.41, 5.74) is 1.03. The summed E-state index contributed by atoms with van der Waals surface area (Å²) in [6.45, 7) is 3.66. The van der Waals surface area contributed by atoms with Crippen LogP contribution >= 0.6 is 11.3 Å². The second-order valence-corrected chi connectivity index (χ2v) is 6.54. The van der Waals surface area contributed by atoms with Gasteiger partial charge < -0.3 is 15.0 Å². The van der Waals surface area contributed by atoms with E-state index in [4.69, 9.17) is 4.74 Å². The number of hydrogen-bond donors (Lipinski definition) is 1. The molecule has 1 aliphatic rings. The van der Waals surface area contributed by atoms with Crippen LogP contribution in [0.1, 0.15) is 18.4 Å². The minimum absolute atomic E-state index is 0.0504. The molecule has 1 aromatic heterocycles. The van der Waals surface area contributed by atoms with Gasteiger partial charge in [0.2, 0.25) is 0 Å². The topological polar surface area (TPSA) is 54.5 Å². The predicted octanol–water partition coefficient (Wildman–Crippen LogP) is 2.62. The summed E-state index contributed by atoms with van der Waals surface area (Å²) in [5, 5.41) is 6.00. The first-order valence-electron chi connectivity index (χ1n) is 7.85. The molecule has 1 N–H and O–H groups in total. The van der Waals surface area contributed by atoms with Gasteiger partial charge in [-0.05, 0) is 31.4 Å². The van der Waals surface area contributed by atoms with Crippen molar-refractivity contribution in [2.75, 3.05) is 24.6 Å². The minimum atomic E-state index is -0.0840. The van der Waals surface area contributed by atoms with Gasteiger partial charge in [0.15, 0.2) is 11.7 Å². The van der Waals surface area contributed by atoms with E-state index in [0.717, 1.165) is 35.8 Å². The Kier molecular flexibility index (Phi) is 5.12. The molecule has 5 nitrogen and oxygen atoms in total. The van der Waals surface area contributed by atoms with Crippen LogP contribution in [0, 0.1) is 6.92 Å². The molecule has 2 aromatic rings. The highest BCUT2D eigenvalue weighted by Crippen LogP contribution is 2.26. The smallest absolute Gasteiger partial charge is 0.258 e. The Morgan fingerprint density at radius 1 is 1.48 bits per heavy atom. The molecule has 122 valence electrons. The molecular formula is C17H21N3O2S. The number of nitrogens with one attached hydrogen (secondary N) is 1. The molecule has 6 heteroatoms. The molecule has 2 heterocycles. The van der Waals surface area contributed by atoms with Crippen molar-refractivity contribution in [1.29, 1.82) is 0 Å². The molecule has 0 aliphatic carbocycles. The number of amides is 1. The predicted molar refractivity (Wildman–Crippen MR) is 92.2 cm³/mol. The SMILES string of the molecule is Cc1ccccc1OCC(=O)NCC1CCCN1c1nccs1. The van der Waals surface area contributed by atoms with Crippen molar-refractivity contribution in [3.8, 4) is 5.75 Å². The van der Waals surface area contributed by atoms with Gasteiger partial charge in [0.25, 0.3) is 5.91 Å². The lowest BCUT2D eigenvalue weighted by Crippen LogP contribution is -2.41. The first-order valence-corrected chi connectivity index (χ1v) is 8.73. The molecule has 23 heavy (non-hydrogen) atoms. The number of aryl methyl sites for hydroxylation is 1. The number of carbonyl (C=O) groups is 1. The van der Waals surface area contributed by atoms with Gasteiger partial charge in [-0.2, -0.15) is 0 Å². The molecular weight excluding hydrogens is 310 g/mol. The lowest BCUT2D eigenvalue weighted by Gasteiger charge is -2.24. The van der Waals surface area contributed by atoms with Gasteiger partial charge in [0.05, 0.1) is 0 Å². The van der Waals surface area contributed by atoms with E-state index in [9.17, 15) is 4.79 Å². The van der Waals surface area contributed by atoms with Crippen molar-refractivity contribution in [2.24, 2.45) is 0 Å². The Balaban J connectivity index is 1.46. The zero-order valence-electron chi connectivity index (χ0n) is 13.2. The Morgan fingerprint density at radius 2 is 2.35 bits per heavy atom. The molecule has 1 aliphatic heterocycles. The van der Waals surface area contributed by atoms with Gasteiger partial charge in [-0.3, -0.25) is 4.79 Å². The Hall–Kier alpha value is -2.08. The third-order valence-corrected chi connectivity index (χ3v) is 4.84. The highest BCUT2D eigenvalue weighted by Gasteiger charge is 2.26. The Morgan fingerprint density at radius 3 is 3.13 bits per heavy atom. The number of thiazole rings is 1. The van der Waals surface area contributed by atoms with Crippen LogP contribution in [-0.2, 0) is 4.79 Å². The van der Waals surface area contributed by atoms with Crippen molar-refractivity contribution in [2.45, 2.75) is 25.8 Å². The molecule has 3 rings (SSSR count). The van der Waals surface area contributed by atoms with Crippen LogP contribution in [0.3, 0.4) is 0 Å². The number of benzene rings is 1. The number of rotatable bonds is 6. The largest absolute Gasteiger partial charge is 0.484 e. The van der Waals surface area contributed by atoms with E-state index in [1.54, 1.807) is 11.3 Å². The molecule has 1 unspecified atom stereocenters. The minimum Gasteiger partial charge on any atom is -0.484 e. The second-order valence-electron chi connectivity index (χ2n) is 5.66. The molecule has 0 radical (unpaired) electrons. The maximum atomic E-state index is 12.0. The van der Waals surface area contributed by atoms with Crippen LogP contribution in [0.2, 0.25) is 0 Å². The molecule has 1 aromatic carbocycles. The monoisotopic (exact) mass is 331 g/mol. The summed E-state index contributed by atoms with van der Waals surface area (Å²) in [4.78, 5) is 18.7. The fourth-order valence-corrected chi connectivity index (χ4v) is 3.54. The summed E-state index contributed by atoms with van der Waals surface area (Å²) in [6.07, 6.45) is 4.04. The van der Waals surface area contributed by atoms with E-state index in [-0.39, 0.29) is 12.5 Å². The van der Waals surface area contributed by atoms with Gasteiger partial charge in [-0.25, -0.2) is 4.98 Å². The van der Waals surface area contributed by atoms with Crippen molar-refractivity contribution in [1.82, 2.24) is 10.3 Å². The molecule has 1 fully saturated rings. The molecule has 0 spiro atoms. The first-order chi connectivity index (χ1) is 11.2. The van der Waals surface area contributed by atoms with Crippen LogP contribution in [-0.4, -0.2) is 36.6 Å². The second kappa shape index (κ2) is 7.46. The molecule has 1 atom stereocenters. The highest BCUT2D eigenvalue weighted by atomic mass is 32.1. The quantitative estimate of drug-likeness (QED) is 0.884. The summed E-state index contributed by atoms with van der Waals surface area (Å²) in [6, 6.07) is 8.03. The summed E-state index contributed by atoms with van der Waals surface area (Å²) in [7, 11) is 0. The van der Waals surface area contributed by atoms with Gasteiger partial charge in [0.1, 0.15) is 5.75 Å². The van der Waals surface area contributed by atoms with E-state index >= 15 is 0 Å². The maximum absolute atomic E-state index is 12.0. The highest BCUT2D eigenvalue weighted by molar-refractivity contribution is 7.13.